The highest BCUT2D eigenvalue weighted by atomic mass is 16.7. The number of rotatable bonds is 4. The molecule has 0 bridgehead atoms. The molecule has 2 unspecified atom stereocenters. The van der Waals surface area contributed by atoms with Gasteiger partial charge < -0.3 is 4.84 Å². The molecule has 102 valence electrons. The lowest BCUT2D eigenvalue weighted by atomic mass is 9.92. The first-order valence-corrected chi connectivity index (χ1v) is 6.00. The molecule has 2 atom stereocenters. The maximum absolute atomic E-state index is 11.7. The summed E-state index contributed by atoms with van der Waals surface area (Å²) in [5, 5.41) is 0. The van der Waals surface area contributed by atoms with Gasteiger partial charge in [-0.05, 0) is 19.1 Å². The Balaban J connectivity index is 2.51. The fraction of sp³-hybridized carbons (Fsp3) is 0.357. The van der Waals surface area contributed by atoms with Gasteiger partial charge in [0.25, 0.3) is 5.91 Å². The lowest BCUT2D eigenvalue weighted by molar-refractivity contribution is -0.138. The normalized spacial score (nSPS) is 13.2. The summed E-state index contributed by atoms with van der Waals surface area (Å²) in [5.41, 5.74) is 2.42. The van der Waals surface area contributed by atoms with Crippen LogP contribution in [0.2, 0.25) is 0 Å². The largest absolute Gasteiger partial charge is 0.362 e. The van der Waals surface area contributed by atoms with E-state index in [0.717, 1.165) is 0 Å². The molecule has 0 radical (unpaired) electrons. The van der Waals surface area contributed by atoms with Gasteiger partial charge in [0.2, 0.25) is 0 Å². The number of hydrogen-bond acceptors (Lipinski definition) is 4. The Morgan fingerprint density at radius 1 is 1.05 bits per heavy atom. The van der Waals surface area contributed by atoms with Crippen molar-refractivity contribution in [1.82, 2.24) is 5.48 Å². The topological polar surface area (TPSA) is 72.5 Å². The molecular formula is C14H17NO4. The maximum Gasteiger partial charge on any atom is 0.362 e. The summed E-state index contributed by atoms with van der Waals surface area (Å²) in [5.74, 6) is -2.20. The van der Waals surface area contributed by atoms with Gasteiger partial charge in [-0.3, -0.25) is 9.59 Å². The van der Waals surface area contributed by atoms with Crippen LogP contribution in [0.5, 0.6) is 0 Å². The Morgan fingerprint density at radius 2 is 1.63 bits per heavy atom. The van der Waals surface area contributed by atoms with E-state index < -0.39 is 23.7 Å². The van der Waals surface area contributed by atoms with E-state index in [2.05, 4.69) is 5.48 Å². The van der Waals surface area contributed by atoms with Crippen LogP contribution in [0.1, 0.15) is 31.1 Å². The Kier molecular flexibility index (Phi) is 5.23. The molecule has 0 saturated carbocycles. The molecule has 1 aromatic carbocycles. The van der Waals surface area contributed by atoms with E-state index in [4.69, 9.17) is 4.84 Å². The Bertz CT molecular complexity index is 470. The van der Waals surface area contributed by atoms with Gasteiger partial charge in [-0.15, -0.1) is 0 Å². The summed E-state index contributed by atoms with van der Waals surface area (Å²) in [7, 11) is 0. The van der Waals surface area contributed by atoms with Crippen molar-refractivity contribution in [2.24, 2.45) is 11.8 Å². The van der Waals surface area contributed by atoms with E-state index in [1.807, 2.05) is 0 Å². The van der Waals surface area contributed by atoms with Crippen molar-refractivity contribution in [1.29, 1.82) is 0 Å². The molecule has 0 aliphatic rings. The Morgan fingerprint density at radius 3 is 2.16 bits per heavy atom. The van der Waals surface area contributed by atoms with Gasteiger partial charge in [-0.25, -0.2) is 4.79 Å². The molecule has 0 saturated heterocycles. The standard InChI is InChI=1S/C14H17NO4/c1-9(11(3)16)10(2)13(17)15-19-14(18)12-7-5-4-6-8-12/h4-10H,1-3H3,(H,15,17). The van der Waals surface area contributed by atoms with E-state index in [1.54, 1.807) is 44.2 Å². The third-order valence-corrected chi connectivity index (χ3v) is 3.06. The monoisotopic (exact) mass is 263 g/mol. The minimum Gasteiger partial charge on any atom is -0.335 e. The first-order chi connectivity index (χ1) is 8.93. The van der Waals surface area contributed by atoms with Gasteiger partial charge in [-0.2, -0.15) is 5.48 Å². The van der Waals surface area contributed by atoms with Gasteiger partial charge in [-0.1, -0.05) is 32.0 Å². The average molecular weight is 263 g/mol. The molecule has 1 rings (SSSR count). The zero-order valence-corrected chi connectivity index (χ0v) is 11.2. The highest BCUT2D eigenvalue weighted by Gasteiger charge is 2.24. The van der Waals surface area contributed by atoms with Crippen LogP contribution < -0.4 is 5.48 Å². The SMILES string of the molecule is CC(=O)C(C)C(C)C(=O)NOC(=O)c1ccccc1. The summed E-state index contributed by atoms with van der Waals surface area (Å²) in [6.45, 7) is 4.69. The zero-order chi connectivity index (χ0) is 14.4. The maximum atomic E-state index is 11.7. The van der Waals surface area contributed by atoms with Gasteiger partial charge in [0.15, 0.2) is 0 Å². The molecule has 0 aromatic heterocycles. The molecule has 19 heavy (non-hydrogen) atoms. The van der Waals surface area contributed by atoms with E-state index in [-0.39, 0.29) is 5.78 Å². The number of Topliss-reactive ketones (excluding diaryl/α,β-unsaturated/α-hetero) is 1. The molecule has 0 aliphatic carbocycles. The van der Waals surface area contributed by atoms with Crippen LogP contribution in [0.25, 0.3) is 0 Å². The minimum atomic E-state index is -0.642. The second-order valence-electron chi connectivity index (χ2n) is 4.41. The van der Waals surface area contributed by atoms with Crippen LogP contribution in [0.3, 0.4) is 0 Å². The first-order valence-electron chi connectivity index (χ1n) is 6.00. The summed E-state index contributed by atoms with van der Waals surface area (Å²) in [6, 6.07) is 8.32. The number of ketones is 1. The van der Waals surface area contributed by atoms with Crippen molar-refractivity contribution in [2.45, 2.75) is 20.8 Å². The van der Waals surface area contributed by atoms with Crippen LogP contribution in [-0.2, 0) is 14.4 Å². The fourth-order valence-corrected chi connectivity index (χ4v) is 1.40. The Hall–Kier alpha value is -2.17. The highest BCUT2D eigenvalue weighted by Crippen LogP contribution is 2.12. The van der Waals surface area contributed by atoms with Gasteiger partial charge in [0, 0.05) is 11.8 Å². The van der Waals surface area contributed by atoms with Gasteiger partial charge in [0.05, 0.1) is 5.56 Å². The number of carbonyl (C=O) groups is 3. The van der Waals surface area contributed by atoms with E-state index in [0.29, 0.717) is 5.56 Å². The number of hydrogen-bond donors (Lipinski definition) is 1. The van der Waals surface area contributed by atoms with Crippen molar-refractivity contribution in [3.63, 3.8) is 0 Å². The summed E-state index contributed by atoms with van der Waals surface area (Å²) in [4.78, 5) is 39.1. The van der Waals surface area contributed by atoms with Crippen LogP contribution >= 0.6 is 0 Å². The molecule has 0 aliphatic heterocycles. The van der Waals surface area contributed by atoms with Crippen LogP contribution in [-0.4, -0.2) is 17.7 Å². The summed E-state index contributed by atoms with van der Waals surface area (Å²) < 4.78 is 0. The quantitative estimate of drug-likeness (QED) is 0.840. The molecule has 1 N–H and O–H groups in total. The summed E-state index contributed by atoms with van der Waals surface area (Å²) >= 11 is 0. The smallest absolute Gasteiger partial charge is 0.335 e. The van der Waals surface area contributed by atoms with Crippen molar-refractivity contribution in [3.05, 3.63) is 35.9 Å². The third kappa shape index (κ3) is 4.21. The fourth-order valence-electron chi connectivity index (χ4n) is 1.40. The number of nitrogens with one attached hydrogen (secondary N) is 1. The van der Waals surface area contributed by atoms with Gasteiger partial charge in [0.1, 0.15) is 5.78 Å². The highest BCUT2D eigenvalue weighted by molar-refractivity contribution is 5.91. The van der Waals surface area contributed by atoms with Crippen LogP contribution in [0, 0.1) is 11.8 Å². The first kappa shape index (κ1) is 14.9. The third-order valence-electron chi connectivity index (χ3n) is 3.06. The second kappa shape index (κ2) is 6.68. The lowest BCUT2D eigenvalue weighted by Gasteiger charge is -2.16. The molecule has 5 heteroatoms. The molecule has 1 amide bonds. The predicted molar refractivity (Wildman–Crippen MR) is 69.0 cm³/mol. The van der Waals surface area contributed by atoms with Crippen LogP contribution in [0.15, 0.2) is 30.3 Å². The van der Waals surface area contributed by atoms with Crippen molar-refractivity contribution < 1.29 is 19.2 Å². The van der Waals surface area contributed by atoms with Crippen LogP contribution in [0.4, 0.5) is 0 Å². The zero-order valence-electron chi connectivity index (χ0n) is 11.2. The van der Waals surface area contributed by atoms with Gasteiger partial charge >= 0.3 is 5.97 Å². The number of hydroxylamine groups is 1. The Labute approximate surface area is 111 Å². The molecule has 1 aromatic rings. The molecule has 0 spiro atoms. The second-order valence-corrected chi connectivity index (χ2v) is 4.41. The minimum absolute atomic E-state index is 0.0861. The van der Waals surface area contributed by atoms with E-state index in [1.165, 1.54) is 6.92 Å². The lowest BCUT2D eigenvalue weighted by Crippen LogP contribution is -2.36. The number of carbonyl (C=O) groups excluding carboxylic acids is 3. The summed E-state index contributed by atoms with van der Waals surface area (Å²) in [6.07, 6.45) is 0. The van der Waals surface area contributed by atoms with E-state index in [9.17, 15) is 14.4 Å². The molecular weight excluding hydrogens is 246 g/mol. The van der Waals surface area contributed by atoms with Crippen molar-refractivity contribution in [2.75, 3.05) is 0 Å². The van der Waals surface area contributed by atoms with Crippen molar-refractivity contribution >= 4 is 17.7 Å². The number of amides is 1. The number of benzene rings is 1. The van der Waals surface area contributed by atoms with E-state index >= 15 is 0 Å². The van der Waals surface area contributed by atoms with Crippen molar-refractivity contribution in [3.8, 4) is 0 Å². The predicted octanol–water partition coefficient (Wildman–Crippen LogP) is 1.74. The average Bonchev–Trinajstić information content (AvgIpc) is 2.43. The molecule has 5 nitrogen and oxygen atoms in total. The molecule has 0 fully saturated rings. The molecule has 0 heterocycles.